The number of rotatable bonds is 2. The fraction of sp³-hybridized carbons (Fsp3) is 0.0833. The standard InChI is InChI=1S/C12H8BrN3O/c13-10-3-1-8(2-4-10)11-7-9(5-6-14)12(17)16-15-11/h1-4,7H,5H2,(H,16,17). The molecule has 2 aromatic rings. The van der Waals surface area contributed by atoms with Crippen molar-refractivity contribution in [3.8, 4) is 17.3 Å². The van der Waals surface area contributed by atoms with Crippen LogP contribution in [0.25, 0.3) is 11.3 Å². The lowest BCUT2D eigenvalue weighted by atomic mass is 10.1. The van der Waals surface area contributed by atoms with E-state index in [9.17, 15) is 4.79 Å². The molecule has 84 valence electrons. The molecule has 4 nitrogen and oxygen atoms in total. The van der Waals surface area contributed by atoms with E-state index >= 15 is 0 Å². The van der Waals surface area contributed by atoms with E-state index in [2.05, 4.69) is 26.1 Å². The second kappa shape index (κ2) is 4.93. The normalized spacial score (nSPS) is 9.88. The predicted molar refractivity (Wildman–Crippen MR) is 67.3 cm³/mol. The van der Waals surface area contributed by atoms with Gasteiger partial charge < -0.3 is 0 Å². The third kappa shape index (κ3) is 2.60. The van der Waals surface area contributed by atoms with Gasteiger partial charge in [-0.15, -0.1) is 0 Å². The van der Waals surface area contributed by atoms with E-state index in [-0.39, 0.29) is 12.0 Å². The molecule has 1 heterocycles. The van der Waals surface area contributed by atoms with Crippen molar-refractivity contribution < 1.29 is 0 Å². The largest absolute Gasteiger partial charge is 0.268 e. The lowest BCUT2D eigenvalue weighted by Gasteiger charge is -2.01. The van der Waals surface area contributed by atoms with Crippen LogP contribution in [0.2, 0.25) is 0 Å². The Morgan fingerprint density at radius 3 is 2.71 bits per heavy atom. The van der Waals surface area contributed by atoms with Gasteiger partial charge in [0.25, 0.3) is 5.56 Å². The molecule has 1 aromatic carbocycles. The van der Waals surface area contributed by atoms with Crippen molar-refractivity contribution in [3.63, 3.8) is 0 Å². The number of hydrogen-bond donors (Lipinski definition) is 1. The van der Waals surface area contributed by atoms with Gasteiger partial charge in [-0.25, -0.2) is 5.10 Å². The average molecular weight is 290 g/mol. The van der Waals surface area contributed by atoms with E-state index in [4.69, 9.17) is 5.26 Å². The van der Waals surface area contributed by atoms with Gasteiger partial charge in [-0.1, -0.05) is 28.1 Å². The van der Waals surface area contributed by atoms with E-state index in [0.29, 0.717) is 11.3 Å². The first-order valence-corrected chi connectivity index (χ1v) is 5.71. The van der Waals surface area contributed by atoms with Crippen LogP contribution in [0, 0.1) is 11.3 Å². The highest BCUT2D eigenvalue weighted by atomic mass is 79.9. The first kappa shape index (κ1) is 11.6. The summed E-state index contributed by atoms with van der Waals surface area (Å²) in [5.41, 5.74) is 1.67. The topological polar surface area (TPSA) is 69.5 Å². The summed E-state index contributed by atoms with van der Waals surface area (Å²) in [4.78, 5) is 11.4. The Balaban J connectivity index is 2.47. The molecule has 0 spiro atoms. The van der Waals surface area contributed by atoms with Crippen molar-refractivity contribution in [2.45, 2.75) is 6.42 Å². The molecule has 17 heavy (non-hydrogen) atoms. The predicted octanol–water partition coefficient (Wildman–Crippen LogP) is 2.27. The quantitative estimate of drug-likeness (QED) is 0.922. The lowest BCUT2D eigenvalue weighted by Crippen LogP contribution is -2.14. The lowest BCUT2D eigenvalue weighted by molar-refractivity contribution is 0.963. The van der Waals surface area contributed by atoms with Gasteiger partial charge in [0.1, 0.15) is 0 Å². The number of hydrogen-bond acceptors (Lipinski definition) is 3. The highest BCUT2D eigenvalue weighted by Crippen LogP contribution is 2.19. The Labute approximate surface area is 106 Å². The zero-order valence-electron chi connectivity index (χ0n) is 8.77. The molecule has 1 N–H and O–H groups in total. The molecule has 2 rings (SSSR count). The Bertz CT molecular complexity index is 625. The SMILES string of the molecule is N#CCc1cc(-c2ccc(Br)cc2)n[nH]c1=O. The second-order valence-electron chi connectivity index (χ2n) is 3.45. The monoisotopic (exact) mass is 289 g/mol. The number of benzene rings is 1. The van der Waals surface area contributed by atoms with E-state index in [1.54, 1.807) is 6.07 Å². The molecule has 0 aliphatic heterocycles. The first-order valence-electron chi connectivity index (χ1n) is 4.92. The summed E-state index contributed by atoms with van der Waals surface area (Å²) in [6.07, 6.45) is 0.0847. The molecule has 0 aliphatic rings. The fourth-order valence-electron chi connectivity index (χ4n) is 1.43. The van der Waals surface area contributed by atoms with Crippen LogP contribution in [0.15, 0.2) is 39.6 Å². The fourth-order valence-corrected chi connectivity index (χ4v) is 1.70. The van der Waals surface area contributed by atoms with Crippen molar-refractivity contribution in [1.82, 2.24) is 10.2 Å². The number of H-pyrrole nitrogens is 1. The average Bonchev–Trinajstić information content (AvgIpc) is 2.33. The van der Waals surface area contributed by atoms with Gasteiger partial charge in [0, 0.05) is 15.6 Å². The van der Waals surface area contributed by atoms with Crippen molar-refractivity contribution in [1.29, 1.82) is 5.26 Å². The molecule has 0 aliphatic carbocycles. The molecule has 0 saturated heterocycles. The summed E-state index contributed by atoms with van der Waals surface area (Å²) in [5, 5.41) is 15.0. The summed E-state index contributed by atoms with van der Waals surface area (Å²) in [6.45, 7) is 0. The van der Waals surface area contributed by atoms with Crippen molar-refractivity contribution in [2.24, 2.45) is 0 Å². The van der Waals surface area contributed by atoms with Crippen molar-refractivity contribution in [2.75, 3.05) is 0 Å². The van der Waals surface area contributed by atoms with Crippen LogP contribution in [0.3, 0.4) is 0 Å². The van der Waals surface area contributed by atoms with Gasteiger partial charge >= 0.3 is 0 Å². The molecule has 0 saturated carbocycles. The highest BCUT2D eigenvalue weighted by Gasteiger charge is 2.04. The summed E-state index contributed by atoms with van der Waals surface area (Å²) >= 11 is 3.35. The van der Waals surface area contributed by atoms with Gasteiger partial charge in [0.15, 0.2) is 0 Å². The second-order valence-corrected chi connectivity index (χ2v) is 4.37. The number of nitrogens with zero attached hydrogens (tertiary/aromatic N) is 2. The smallest absolute Gasteiger partial charge is 0.268 e. The summed E-state index contributed by atoms with van der Waals surface area (Å²) in [6, 6.07) is 11.2. The van der Waals surface area contributed by atoms with Crippen LogP contribution in [0.4, 0.5) is 0 Å². The van der Waals surface area contributed by atoms with Gasteiger partial charge in [-0.2, -0.15) is 10.4 Å². The third-order valence-corrected chi connectivity index (χ3v) is 2.82. The minimum atomic E-state index is -0.313. The highest BCUT2D eigenvalue weighted by molar-refractivity contribution is 9.10. The van der Waals surface area contributed by atoms with E-state index in [0.717, 1.165) is 10.0 Å². The number of halogens is 1. The van der Waals surface area contributed by atoms with E-state index in [1.165, 1.54) is 0 Å². The van der Waals surface area contributed by atoms with E-state index < -0.39 is 0 Å². The van der Waals surface area contributed by atoms with Crippen LogP contribution >= 0.6 is 15.9 Å². The van der Waals surface area contributed by atoms with Crippen LogP contribution in [-0.4, -0.2) is 10.2 Å². The first-order chi connectivity index (χ1) is 8.20. The van der Waals surface area contributed by atoms with Crippen LogP contribution < -0.4 is 5.56 Å². The Hall–Kier alpha value is -1.93. The third-order valence-electron chi connectivity index (χ3n) is 2.29. The molecule has 5 heteroatoms. The molecular weight excluding hydrogens is 282 g/mol. The van der Waals surface area contributed by atoms with Crippen LogP contribution in [-0.2, 0) is 6.42 Å². The molecule has 0 unspecified atom stereocenters. The molecule has 0 fully saturated rings. The van der Waals surface area contributed by atoms with Crippen LogP contribution in [0.5, 0.6) is 0 Å². The summed E-state index contributed by atoms with van der Waals surface area (Å²) < 4.78 is 0.975. The van der Waals surface area contributed by atoms with Crippen LogP contribution in [0.1, 0.15) is 5.56 Å². The summed E-state index contributed by atoms with van der Waals surface area (Å²) in [7, 11) is 0. The summed E-state index contributed by atoms with van der Waals surface area (Å²) in [5.74, 6) is 0. The Kier molecular flexibility index (Phi) is 3.35. The minimum absolute atomic E-state index is 0.0847. The Morgan fingerprint density at radius 1 is 1.35 bits per heavy atom. The maximum absolute atomic E-state index is 11.4. The minimum Gasteiger partial charge on any atom is -0.268 e. The number of nitriles is 1. The van der Waals surface area contributed by atoms with Crippen molar-refractivity contribution >= 4 is 15.9 Å². The number of nitrogens with one attached hydrogen (secondary N) is 1. The molecule has 0 bridgehead atoms. The Morgan fingerprint density at radius 2 is 2.06 bits per heavy atom. The maximum atomic E-state index is 11.4. The molecular formula is C12H8BrN3O. The molecule has 0 amide bonds. The number of aromatic amines is 1. The van der Waals surface area contributed by atoms with E-state index in [1.807, 2.05) is 30.3 Å². The maximum Gasteiger partial charge on any atom is 0.268 e. The van der Waals surface area contributed by atoms with Gasteiger partial charge in [0.2, 0.25) is 0 Å². The van der Waals surface area contributed by atoms with Crippen molar-refractivity contribution in [3.05, 3.63) is 50.7 Å². The zero-order valence-corrected chi connectivity index (χ0v) is 10.4. The number of aromatic nitrogens is 2. The molecule has 0 atom stereocenters. The van der Waals surface area contributed by atoms with Gasteiger partial charge in [-0.3, -0.25) is 4.79 Å². The van der Waals surface area contributed by atoms with Gasteiger partial charge in [-0.05, 0) is 18.2 Å². The zero-order chi connectivity index (χ0) is 12.3. The molecule has 1 aromatic heterocycles. The molecule has 0 radical (unpaired) electrons. The van der Waals surface area contributed by atoms with Gasteiger partial charge in [0.05, 0.1) is 18.2 Å².